The van der Waals surface area contributed by atoms with Crippen LogP contribution in [0.4, 0.5) is 10.1 Å². The molecular formula is C30H37FN4O4S. The monoisotopic (exact) mass is 568 g/mol. The summed E-state index contributed by atoms with van der Waals surface area (Å²) in [5.74, 6) is -1.77. The van der Waals surface area contributed by atoms with E-state index in [-0.39, 0.29) is 24.6 Å². The van der Waals surface area contributed by atoms with Crippen LogP contribution in [0, 0.1) is 12.7 Å². The van der Waals surface area contributed by atoms with Gasteiger partial charge in [-0.2, -0.15) is 12.7 Å². The van der Waals surface area contributed by atoms with Crippen LogP contribution >= 0.6 is 0 Å². The number of rotatable bonds is 13. The minimum absolute atomic E-state index is 0.0588. The predicted molar refractivity (Wildman–Crippen MR) is 155 cm³/mol. The molecule has 0 aliphatic rings. The van der Waals surface area contributed by atoms with Crippen molar-refractivity contribution in [2.75, 3.05) is 31.5 Å². The van der Waals surface area contributed by atoms with Crippen molar-refractivity contribution in [3.8, 4) is 0 Å². The number of anilines is 1. The number of aryl methyl sites for hydroxylation is 1. The zero-order valence-electron chi connectivity index (χ0n) is 23.4. The van der Waals surface area contributed by atoms with E-state index in [0.29, 0.717) is 13.0 Å². The van der Waals surface area contributed by atoms with Crippen LogP contribution in [0.1, 0.15) is 30.0 Å². The predicted octanol–water partition coefficient (Wildman–Crippen LogP) is 3.91. The third-order valence-corrected chi connectivity index (χ3v) is 8.24. The van der Waals surface area contributed by atoms with Crippen LogP contribution in [0.25, 0.3) is 0 Å². The fourth-order valence-electron chi connectivity index (χ4n) is 4.17. The molecule has 0 spiro atoms. The molecule has 0 aromatic heterocycles. The summed E-state index contributed by atoms with van der Waals surface area (Å²) >= 11 is 0. The Kier molecular flexibility index (Phi) is 10.8. The number of para-hydroxylation sites is 1. The molecule has 3 rings (SSSR count). The topological polar surface area (TPSA) is 90.0 Å². The second-order valence-electron chi connectivity index (χ2n) is 9.75. The summed E-state index contributed by atoms with van der Waals surface area (Å²) in [6, 6.07) is 21.3. The van der Waals surface area contributed by atoms with Gasteiger partial charge < -0.3 is 10.2 Å². The quantitative estimate of drug-likeness (QED) is 0.339. The highest BCUT2D eigenvalue weighted by Crippen LogP contribution is 2.24. The summed E-state index contributed by atoms with van der Waals surface area (Å²) in [6.45, 7) is 3.66. The minimum Gasteiger partial charge on any atom is -0.354 e. The van der Waals surface area contributed by atoms with Crippen LogP contribution in [-0.4, -0.2) is 62.7 Å². The molecule has 0 heterocycles. The van der Waals surface area contributed by atoms with Crippen molar-refractivity contribution in [2.24, 2.45) is 0 Å². The first kappa shape index (κ1) is 30.8. The lowest BCUT2D eigenvalue weighted by molar-refractivity contribution is -0.140. The lowest BCUT2D eigenvalue weighted by Crippen LogP contribution is -2.54. The number of nitrogens with zero attached hydrogens (tertiary/aromatic N) is 3. The maximum Gasteiger partial charge on any atom is 0.304 e. The molecule has 0 radical (unpaired) electrons. The molecule has 0 fully saturated rings. The van der Waals surface area contributed by atoms with Crippen LogP contribution in [0.3, 0.4) is 0 Å². The van der Waals surface area contributed by atoms with Gasteiger partial charge in [-0.1, -0.05) is 79.2 Å². The van der Waals surface area contributed by atoms with Gasteiger partial charge in [-0.05, 0) is 36.6 Å². The number of nitrogens with one attached hydrogen (secondary N) is 1. The molecule has 1 atom stereocenters. The molecule has 0 aliphatic carbocycles. The summed E-state index contributed by atoms with van der Waals surface area (Å²) in [4.78, 5) is 29.0. The molecule has 3 aromatic carbocycles. The molecule has 0 saturated carbocycles. The van der Waals surface area contributed by atoms with Gasteiger partial charge in [0.1, 0.15) is 18.4 Å². The molecule has 8 nitrogen and oxygen atoms in total. The Morgan fingerprint density at radius 1 is 0.900 bits per heavy atom. The Morgan fingerprint density at radius 2 is 1.52 bits per heavy atom. The molecule has 3 aromatic rings. The highest BCUT2D eigenvalue weighted by Gasteiger charge is 2.35. The van der Waals surface area contributed by atoms with Gasteiger partial charge in [-0.3, -0.25) is 9.59 Å². The Morgan fingerprint density at radius 3 is 2.12 bits per heavy atom. The van der Waals surface area contributed by atoms with Crippen molar-refractivity contribution in [2.45, 2.75) is 39.3 Å². The van der Waals surface area contributed by atoms with Crippen molar-refractivity contribution in [1.82, 2.24) is 14.5 Å². The molecule has 0 unspecified atom stereocenters. The molecule has 0 aliphatic heterocycles. The molecule has 1 N–H and O–H groups in total. The van der Waals surface area contributed by atoms with Gasteiger partial charge in [0.15, 0.2) is 0 Å². The summed E-state index contributed by atoms with van der Waals surface area (Å²) in [6.07, 6.45) is 0.923. The number of amides is 2. The van der Waals surface area contributed by atoms with Gasteiger partial charge >= 0.3 is 10.2 Å². The standard InChI is InChI=1S/C30H37FN4O4S/c1-5-19-32-30(37)28(20-24-11-7-6-8-12-24)34(21-25-17-15-23(2)16-18-25)29(36)22-35(40(38,39)33(3)4)27-14-10-9-13-26(27)31/h6-18,28H,5,19-22H2,1-4H3,(H,32,37)/t28-/m1/s1. The third-order valence-electron chi connectivity index (χ3n) is 6.43. The number of carbonyl (C=O) groups excluding carboxylic acids is 2. The van der Waals surface area contributed by atoms with E-state index in [1.165, 1.54) is 37.2 Å². The molecule has 0 saturated heterocycles. The minimum atomic E-state index is -4.26. The van der Waals surface area contributed by atoms with Gasteiger partial charge in [0.2, 0.25) is 11.8 Å². The lowest BCUT2D eigenvalue weighted by Gasteiger charge is -2.34. The average Bonchev–Trinajstić information content (AvgIpc) is 2.94. The fraction of sp³-hybridized carbons (Fsp3) is 0.333. The van der Waals surface area contributed by atoms with E-state index >= 15 is 0 Å². The van der Waals surface area contributed by atoms with Crippen LogP contribution in [-0.2, 0) is 32.8 Å². The first-order chi connectivity index (χ1) is 19.0. The van der Waals surface area contributed by atoms with Crippen LogP contribution < -0.4 is 9.62 Å². The van der Waals surface area contributed by atoms with E-state index < -0.39 is 34.5 Å². The first-order valence-electron chi connectivity index (χ1n) is 13.2. The van der Waals surface area contributed by atoms with Crippen molar-refractivity contribution in [1.29, 1.82) is 0 Å². The molecular weight excluding hydrogens is 531 g/mol. The zero-order valence-corrected chi connectivity index (χ0v) is 24.2. The summed E-state index contributed by atoms with van der Waals surface area (Å²) in [7, 11) is -1.63. The zero-order chi connectivity index (χ0) is 29.3. The van der Waals surface area contributed by atoms with E-state index in [2.05, 4.69) is 5.32 Å². The first-order valence-corrected chi connectivity index (χ1v) is 14.6. The molecule has 214 valence electrons. The van der Waals surface area contributed by atoms with E-state index in [1.54, 1.807) is 0 Å². The van der Waals surface area contributed by atoms with E-state index in [0.717, 1.165) is 31.4 Å². The van der Waals surface area contributed by atoms with E-state index in [9.17, 15) is 22.4 Å². The lowest BCUT2D eigenvalue weighted by atomic mass is 10.0. The number of hydrogen-bond donors (Lipinski definition) is 1. The highest BCUT2D eigenvalue weighted by molar-refractivity contribution is 7.90. The van der Waals surface area contributed by atoms with Crippen molar-refractivity contribution in [3.05, 3.63) is 101 Å². The van der Waals surface area contributed by atoms with Gasteiger partial charge in [0.25, 0.3) is 0 Å². The maximum atomic E-state index is 14.9. The Balaban J connectivity index is 2.08. The van der Waals surface area contributed by atoms with Crippen molar-refractivity contribution in [3.63, 3.8) is 0 Å². The van der Waals surface area contributed by atoms with Gasteiger partial charge in [-0.15, -0.1) is 0 Å². The van der Waals surface area contributed by atoms with E-state index in [4.69, 9.17) is 0 Å². The number of carbonyl (C=O) groups is 2. The summed E-state index contributed by atoms with van der Waals surface area (Å²) in [5.41, 5.74) is 2.39. The largest absolute Gasteiger partial charge is 0.354 e. The Labute approximate surface area is 236 Å². The summed E-state index contributed by atoms with van der Waals surface area (Å²) < 4.78 is 43.2. The number of halogens is 1. The van der Waals surface area contributed by atoms with Crippen LogP contribution in [0.15, 0.2) is 78.9 Å². The molecule has 40 heavy (non-hydrogen) atoms. The number of hydrogen-bond acceptors (Lipinski definition) is 4. The van der Waals surface area contributed by atoms with Crippen LogP contribution in [0.5, 0.6) is 0 Å². The summed E-state index contributed by atoms with van der Waals surface area (Å²) in [5, 5.41) is 2.89. The Hall–Kier alpha value is -3.76. The third kappa shape index (κ3) is 7.89. The Bertz CT molecular complexity index is 1380. The SMILES string of the molecule is CCCNC(=O)[C@@H](Cc1ccccc1)N(Cc1ccc(C)cc1)C(=O)CN(c1ccccc1F)S(=O)(=O)N(C)C. The van der Waals surface area contributed by atoms with Crippen LogP contribution in [0.2, 0.25) is 0 Å². The second-order valence-corrected chi connectivity index (χ2v) is 11.8. The smallest absolute Gasteiger partial charge is 0.304 e. The maximum absolute atomic E-state index is 14.9. The normalized spacial score (nSPS) is 12.2. The van der Waals surface area contributed by atoms with E-state index in [1.807, 2.05) is 68.4 Å². The van der Waals surface area contributed by atoms with Gasteiger partial charge in [0.05, 0.1) is 5.69 Å². The average molecular weight is 569 g/mol. The van der Waals surface area contributed by atoms with Crippen molar-refractivity contribution < 1.29 is 22.4 Å². The fourth-order valence-corrected chi connectivity index (χ4v) is 5.23. The molecule has 10 heteroatoms. The second kappa shape index (κ2) is 14.0. The van der Waals surface area contributed by atoms with Crippen molar-refractivity contribution >= 4 is 27.7 Å². The number of benzene rings is 3. The van der Waals surface area contributed by atoms with Gasteiger partial charge in [0, 0.05) is 33.6 Å². The van der Waals surface area contributed by atoms with Gasteiger partial charge in [-0.25, -0.2) is 8.70 Å². The highest BCUT2D eigenvalue weighted by atomic mass is 32.2. The molecule has 2 amide bonds. The molecule has 0 bridgehead atoms.